The Kier molecular flexibility index (Phi) is 4.91. The fraction of sp³-hybridized carbons (Fsp3) is 0.545. The van der Waals surface area contributed by atoms with Gasteiger partial charge in [-0.3, -0.25) is 29.4 Å². The van der Waals surface area contributed by atoms with Gasteiger partial charge in [0.1, 0.15) is 6.04 Å². The average Bonchev–Trinajstić information content (AvgIpc) is 3.10. The lowest BCUT2D eigenvalue weighted by molar-refractivity contribution is -0.136. The predicted molar refractivity (Wildman–Crippen MR) is 107 cm³/mol. The van der Waals surface area contributed by atoms with Crippen LogP contribution < -0.4 is 16.0 Å². The van der Waals surface area contributed by atoms with Crippen molar-refractivity contribution in [2.45, 2.75) is 38.3 Å². The minimum Gasteiger partial charge on any atom is -0.316 e. The molecule has 2 bridgehead atoms. The predicted octanol–water partition coefficient (Wildman–Crippen LogP) is 0.423. The summed E-state index contributed by atoms with van der Waals surface area (Å²) in [5.74, 6) is 0.228. The zero-order valence-electron chi connectivity index (χ0n) is 16.8. The first kappa shape index (κ1) is 19.4. The molecule has 3 N–H and O–H groups in total. The number of nitrogens with one attached hydrogen (secondary N) is 3. The summed E-state index contributed by atoms with van der Waals surface area (Å²) in [7, 11) is 0. The Morgan fingerprint density at radius 3 is 2.50 bits per heavy atom. The summed E-state index contributed by atoms with van der Waals surface area (Å²) in [6.45, 7) is 3.57. The molecule has 8 nitrogen and oxygen atoms in total. The van der Waals surface area contributed by atoms with Crippen LogP contribution in [-0.2, 0) is 16.1 Å². The Morgan fingerprint density at radius 2 is 1.77 bits per heavy atom. The van der Waals surface area contributed by atoms with Crippen molar-refractivity contribution in [3.63, 3.8) is 0 Å². The number of hydrogen-bond acceptors (Lipinski definition) is 6. The minimum absolute atomic E-state index is 0.122. The number of carbonyl (C=O) groups excluding carboxylic acids is 4. The summed E-state index contributed by atoms with van der Waals surface area (Å²) >= 11 is 0. The first-order valence-electron chi connectivity index (χ1n) is 10.8. The Labute approximate surface area is 174 Å². The number of amides is 4. The van der Waals surface area contributed by atoms with Crippen LogP contribution >= 0.6 is 0 Å². The van der Waals surface area contributed by atoms with Crippen molar-refractivity contribution in [2.24, 2.45) is 17.8 Å². The van der Waals surface area contributed by atoms with Crippen LogP contribution in [0.1, 0.15) is 52.0 Å². The van der Waals surface area contributed by atoms with Gasteiger partial charge < -0.3 is 10.6 Å². The molecule has 0 radical (unpaired) electrons. The smallest absolute Gasteiger partial charge is 0.262 e. The molecule has 3 unspecified atom stereocenters. The summed E-state index contributed by atoms with van der Waals surface area (Å²) in [6.07, 6.45) is 2.84. The highest BCUT2D eigenvalue weighted by atomic mass is 16.2. The van der Waals surface area contributed by atoms with Gasteiger partial charge in [-0.25, -0.2) is 0 Å². The lowest BCUT2D eigenvalue weighted by Gasteiger charge is -2.31. The van der Waals surface area contributed by atoms with Crippen molar-refractivity contribution in [3.05, 3.63) is 34.9 Å². The van der Waals surface area contributed by atoms with Crippen LogP contribution in [0.2, 0.25) is 0 Å². The van der Waals surface area contributed by atoms with E-state index in [9.17, 15) is 19.2 Å². The van der Waals surface area contributed by atoms with Gasteiger partial charge in [0, 0.05) is 13.0 Å². The topological polar surface area (TPSA) is 108 Å². The van der Waals surface area contributed by atoms with E-state index in [2.05, 4.69) is 16.0 Å². The summed E-state index contributed by atoms with van der Waals surface area (Å²) in [5.41, 5.74) is 1.50. The number of nitrogens with zero attached hydrogens (tertiary/aromatic N) is 1. The van der Waals surface area contributed by atoms with Gasteiger partial charge in [0.05, 0.1) is 11.1 Å². The van der Waals surface area contributed by atoms with E-state index < -0.39 is 23.8 Å². The fourth-order valence-corrected chi connectivity index (χ4v) is 5.64. The van der Waals surface area contributed by atoms with Crippen LogP contribution in [0.4, 0.5) is 0 Å². The lowest BCUT2D eigenvalue weighted by atomic mass is 9.86. The number of carbonyl (C=O) groups is 4. The second-order valence-electron chi connectivity index (χ2n) is 8.84. The molecular weight excluding hydrogens is 384 g/mol. The third-order valence-corrected chi connectivity index (χ3v) is 7.18. The first-order chi connectivity index (χ1) is 14.5. The third kappa shape index (κ3) is 3.15. The number of imide groups is 2. The molecule has 158 valence electrons. The number of benzene rings is 1. The first-order valence-corrected chi connectivity index (χ1v) is 10.8. The lowest BCUT2D eigenvalue weighted by Crippen LogP contribution is -2.54. The largest absolute Gasteiger partial charge is 0.316 e. The second-order valence-corrected chi connectivity index (χ2v) is 8.84. The van der Waals surface area contributed by atoms with Crippen LogP contribution in [0.25, 0.3) is 0 Å². The molecule has 1 aliphatic carbocycles. The van der Waals surface area contributed by atoms with E-state index in [1.807, 2.05) is 6.07 Å². The molecule has 2 saturated heterocycles. The van der Waals surface area contributed by atoms with E-state index in [0.717, 1.165) is 30.1 Å². The van der Waals surface area contributed by atoms with Crippen molar-refractivity contribution in [1.29, 1.82) is 0 Å². The molecule has 3 atom stereocenters. The molecule has 0 aromatic heterocycles. The number of fused-ring (bicyclic) bond motifs is 3. The van der Waals surface area contributed by atoms with Gasteiger partial charge in [-0.2, -0.15) is 0 Å². The van der Waals surface area contributed by atoms with Gasteiger partial charge in [-0.05, 0) is 68.3 Å². The molecule has 5 rings (SSSR count). The second kappa shape index (κ2) is 7.59. The van der Waals surface area contributed by atoms with Gasteiger partial charge in [-0.1, -0.05) is 12.1 Å². The van der Waals surface area contributed by atoms with Crippen molar-refractivity contribution in [1.82, 2.24) is 20.9 Å². The fourth-order valence-electron chi connectivity index (χ4n) is 5.64. The average molecular weight is 410 g/mol. The Bertz CT molecular complexity index is 914. The SMILES string of the molecule is O=C1CCC(N2C(=O)c3cccc(CNCC4C5CCC4CNC5)c3C2=O)C(=O)N1. The van der Waals surface area contributed by atoms with Crippen molar-refractivity contribution in [3.8, 4) is 0 Å². The molecule has 30 heavy (non-hydrogen) atoms. The van der Waals surface area contributed by atoms with Crippen LogP contribution in [0.5, 0.6) is 0 Å². The molecular formula is C22H26N4O4. The maximum atomic E-state index is 13.1. The Balaban J connectivity index is 1.31. The minimum atomic E-state index is -0.929. The van der Waals surface area contributed by atoms with E-state index in [1.54, 1.807) is 12.1 Å². The third-order valence-electron chi connectivity index (χ3n) is 7.18. The van der Waals surface area contributed by atoms with Crippen molar-refractivity contribution >= 4 is 23.6 Å². The quantitative estimate of drug-likeness (QED) is 0.608. The molecule has 1 aromatic carbocycles. The van der Waals surface area contributed by atoms with Gasteiger partial charge in [0.2, 0.25) is 11.8 Å². The summed E-state index contributed by atoms with van der Waals surface area (Å²) in [5, 5.41) is 9.25. The van der Waals surface area contributed by atoms with Gasteiger partial charge in [-0.15, -0.1) is 0 Å². The number of rotatable bonds is 5. The Hall–Kier alpha value is -2.58. The summed E-state index contributed by atoms with van der Waals surface area (Å²) < 4.78 is 0. The van der Waals surface area contributed by atoms with Crippen LogP contribution in [-0.4, -0.2) is 54.2 Å². The van der Waals surface area contributed by atoms with Crippen LogP contribution in [0.15, 0.2) is 18.2 Å². The molecule has 1 saturated carbocycles. The van der Waals surface area contributed by atoms with Crippen molar-refractivity contribution < 1.29 is 19.2 Å². The molecule has 3 heterocycles. The zero-order valence-corrected chi connectivity index (χ0v) is 16.8. The van der Waals surface area contributed by atoms with E-state index in [0.29, 0.717) is 35.4 Å². The van der Waals surface area contributed by atoms with Crippen LogP contribution in [0.3, 0.4) is 0 Å². The Morgan fingerprint density at radius 1 is 1.00 bits per heavy atom. The zero-order chi connectivity index (χ0) is 20.8. The molecule has 3 fully saturated rings. The molecule has 0 spiro atoms. The monoisotopic (exact) mass is 410 g/mol. The maximum Gasteiger partial charge on any atom is 0.262 e. The van der Waals surface area contributed by atoms with Gasteiger partial charge >= 0.3 is 0 Å². The summed E-state index contributed by atoms with van der Waals surface area (Å²) in [4.78, 5) is 50.8. The maximum absolute atomic E-state index is 13.1. The highest BCUT2D eigenvalue weighted by molar-refractivity contribution is 6.24. The molecule has 4 amide bonds. The van der Waals surface area contributed by atoms with Gasteiger partial charge in [0.15, 0.2) is 0 Å². The summed E-state index contributed by atoms with van der Waals surface area (Å²) in [6, 6.07) is 4.35. The molecule has 3 aliphatic heterocycles. The van der Waals surface area contributed by atoms with E-state index in [4.69, 9.17) is 0 Å². The molecule has 1 aromatic rings. The molecule has 8 heteroatoms. The standard InChI is InChI=1S/C22H26N4O4/c27-18-7-6-17(20(28)25-18)26-21(29)15-3-1-2-14(19(15)22(26)30)10-24-11-16-12-4-5-13(16)9-23-8-12/h1-3,12-13,16-17,23-24H,4-11H2,(H,25,27,28). The van der Waals surface area contributed by atoms with E-state index in [1.165, 1.54) is 12.8 Å². The molecule has 4 aliphatic rings. The highest BCUT2D eigenvalue weighted by Gasteiger charge is 2.45. The normalized spacial score (nSPS) is 30.6. The highest BCUT2D eigenvalue weighted by Crippen LogP contribution is 2.38. The number of hydrogen-bond donors (Lipinski definition) is 3. The van der Waals surface area contributed by atoms with E-state index in [-0.39, 0.29) is 18.7 Å². The van der Waals surface area contributed by atoms with Crippen LogP contribution in [0, 0.1) is 17.8 Å². The van der Waals surface area contributed by atoms with E-state index >= 15 is 0 Å². The number of piperidine rings is 2. The van der Waals surface area contributed by atoms with Gasteiger partial charge in [0.25, 0.3) is 11.8 Å². The van der Waals surface area contributed by atoms with Crippen molar-refractivity contribution in [2.75, 3.05) is 19.6 Å².